The predicted octanol–water partition coefficient (Wildman–Crippen LogP) is 5.44. The van der Waals surface area contributed by atoms with E-state index in [-0.39, 0.29) is 0 Å². The van der Waals surface area contributed by atoms with Crippen molar-refractivity contribution < 1.29 is 0 Å². The maximum Gasteiger partial charge on any atom is 0.0177 e. The molecule has 0 spiro atoms. The number of hydrogen-bond donors (Lipinski definition) is 0. The molecule has 0 nitrogen and oxygen atoms in total. The minimum atomic E-state index is 0.754. The normalized spacial score (nSPS) is 14.8. The Morgan fingerprint density at radius 1 is 1.31 bits per heavy atom. The van der Waals surface area contributed by atoms with E-state index in [9.17, 15) is 0 Å². The standard InChI is InChI=1S/C14H20Br2/c1-3-11(2)7-13(10-15)8-12-5-4-6-14(16)9-12/h4-6,9,11,13H,3,7-8,10H2,1-2H3. The largest absolute Gasteiger partial charge is 0.0925 e. The molecule has 16 heavy (non-hydrogen) atoms. The van der Waals surface area contributed by atoms with Crippen LogP contribution in [0.4, 0.5) is 0 Å². The zero-order chi connectivity index (χ0) is 12.0. The van der Waals surface area contributed by atoms with Crippen molar-refractivity contribution in [1.82, 2.24) is 0 Å². The van der Waals surface area contributed by atoms with E-state index >= 15 is 0 Å². The first-order chi connectivity index (χ1) is 7.65. The van der Waals surface area contributed by atoms with Gasteiger partial charge in [0.25, 0.3) is 0 Å². The third-order valence-electron chi connectivity index (χ3n) is 3.06. The van der Waals surface area contributed by atoms with Gasteiger partial charge in [0, 0.05) is 9.80 Å². The van der Waals surface area contributed by atoms with Gasteiger partial charge < -0.3 is 0 Å². The summed E-state index contributed by atoms with van der Waals surface area (Å²) in [5.41, 5.74) is 1.43. The minimum absolute atomic E-state index is 0.754. The average Bonchev–Trinajstić information content (AvgIpc) is 2.28. The second kappa shape index (κ2) is 7.50. The van der Waals surface area contributed by atoms with Crippen LogP contribution in [0.5, 0.6) is 0 Å². The quantitative estimate of drug-likeness (QED) is 0.601. The van der Waals surface area contributed by atoms with Crippen LogP contribution in [0.25, 0.3) is 0 Å². The number of rotatable bonds is 6. The number of benzene rings is 1. The van der Waals surface area contributed by atoms with Crippen molar-refractivity contribution in [2.75, 3.05) is 5.33 Å². The van der Waals surface area contributed by atoms with Crippen LogP contribution in [0.3, 0.4) is 0 Å². The predicted molar refractivity (Wildman–Crippen MR) is 79.2 cm³/mol. The highest BCUT2D eigenvalue weighted by Gasteiger charge is 2.12. The zero-order valence-electron chi connectivity index (χ0n) is 10.0. The summed E-state index contributed by atoms with van der Waals surface area (Å²) in [7, 11) is 0. The van der Waals surface area contributed by atoms with Crippen LogP contribution in [0, 0.1) is 11.8 Å². The second-order valence-electron chi connectivity index (χ2n) is 4.60. The molecule has 0 aliphatic rings. The third-order valence-corrected chi connectivity index (χ3v) is 4.47. The summed E-state index contributed by atoms with van der Waals surface area (Å²) in [6.07, 6.45) is 3.77. The SMILES string of the molecule is CCC(C)CC(CBr)Cc1cccc(Br)c1. The van der Waals surface area contributed by atoms with Gasteiger partial charge in [-0.25, -0.2) is 0 Å². The van der Waals surface area contributed by atoms with Crippen LogP contribution in [0.2, 0.25) is 0 Å². The molecule has 2 heteroatoms. The molecule has 90 valence electrons. The zero-order valence-corrected chi connectivity index (χ0v) is 13.2. The highest BCUT2D eigenvalue weighted by atomic mass is 79.9. The fraction of sp³-hybridized carbons (Fsp3) is 0.571. The molecule has 0 N–H and O–H groups in total. The fourth-order valence-corrected chi connectivity index (χ4v) is 2.87. The maximum absolute atomic E-state index is 3.64. The molecular formula is C14H20Br2. The summed E-state index contributed by atoms with van der Waals surface area (Å²) in [6, 6.07) is 8.65. The first-order valence-corrected chi connectivity index (χ1v) is 7.87. The van der Waals surface area contributed by atoms with E-state index in [2.05, 4.69) is 70.0 Å². The van der Waals surface area contributed by atoms with Crippen molar-refractivity contribution in [3.63, 3.8) is 0 Å². The summed E-state index contributed by atoms with van der Waals surface area (Å²) in [4.78, 5) is 0. The van der Waals surface area contributed by atoms with Crippen LogP contribution in [-0.2, 0) is 6.42 Å². The molecule has 0 aliphatic carbocycles. The lowest BCUT2D eigenvalue weighted by molar-refractivity contribution is 0.410. The van der Waals surface area contributed by atoms with E-state index in [1.54, 1.807) is 0 Å². The fourth-order valence-electron chi connectivity index (χ4n) is 1.93. The molecule has 0 saturated carbocycles. The van der Waals surface area contributed by atoms with Gasteiger partial charge in [-0.1, -0.05) is 64.3 Å². The van der Waals surface area contributed by atoms with Crippen LogP contribution in [-0.4, -0.2) is 5.33 Å². The minimum Gasteiger partial charge on any atom is -0.0925 e. The smallest absolute Gasteiger partial charge is 0.0177 e. The van der Waals surface area contributed by atoms with Gasteiger partial charge in [0.1, 0.15) is 0 Å². The van der Waals surface area contributed by atoms with E-state index in [0.29, 0.717) is 0 Å². The number of hydrogen-bond acceptors (Lipinski definition) is 0. The molecule has 0 aliphatic heterocycles. The van der Waals surface area contributed by atoms with Gasteiger partial charge in [-0.05, 0) is 42.4 Å². The lowest BCUT2D eigenvalue weighted by Crippen LogP contribution is -2.10. The Morgan fingerprint density at radius 3 is 2.62 bits per heavy atom. The van der Waals surface area contributed by atoms with Crippen LogP contribution in [0.1, 0.15) is 32.3 Å². The van der Waals surface area contributed by atoms with Gasteiger partial charge in [0.2, 0.25) is 0 Å². The molecule has 0 aromatic heterocycles. The summed E-state index contributed by atoms with van der Waals surface area (Å²) in [6.45, 7) is 4.62. The van der Waals surface area contributed by atoms with Gasteiger partial charge in [-0.2, -0.15) is 0 Å². The van der Waals surface area contributed by atoms with Gasteiger partial charge >= 0.3 is 0 Å². The van der Waals surface area contributed by atoms with E-state index in [1.807, 2.05) is 0 Å². The van der Waals surface area contributed by atoms with Crippen molar-refractivity contribution >= 4 is 31.9 Å². The maximum atomic E-state index is 3.64. The second-order valence-corrected chi connectivity index (χ2v) is 6.17. The molecule has 1 aromatic rings. The molecule has 0 radical (unpaired) electrons. The Balaban J connectivity index is 2.56. The van der Waals surface area contributed by atoms with E-state index < -0.39 is 0 Å². The summed E-state index contributed by atoms with van der Waals surface area (Å²) >= 11 is 7.16. The van der Waals surface area contributed by atoms with Gasteiger partial charge in [-0.3, -0.25) is 0 Å². The molecule has 0 fully saturated rings. The van der Waals surface area contributed by atoms with Gasteiger partial charge in [-0.15, -0.1) is 0 Å². The Morgan fingerprint density at radius 2 is 2.06 bits per heavy atom. The van der Waals surface area contributed by atoms with Gasteiger partial charge in [0.05, 0.1) is 0 Å². The third kappa shape index (κ3) is 5.01. The lowest BCUT2D eigenvalue weighted by Gasteiger charge is -2.18. The van der Waals surface area contributed by atoms with Crippen molar-refractivity contribution in [3.05, 3.63) is 34.3 Å². The topological polar surface area (TPSA) is 0 Å². The Kier molecular flexibility index (Phi) is 6.67. The molecule has 0 amide bonds. The van der Waals surface area contributed by atoms with Crippen LogP contribution in [0.15, 0.2) is 28.7 Å². The first-order valence-electron chi connectivity index (χ1n) is 5.96. The molecule has 1 rings (SSSR count). The van der Waals surface area contributed by atoms with Crippen molar-refractivity contribution in [2.24, 2.45) is 11.8 Å². The first kappa shape index (κ1) is 14.2. The molecule has 2 unspecified atom stereocenters. The summed E-state index contributed by atoms with van der Waals surface area (Å²) in [5, 5.41) is 1.10. The van der Waals surface area contributed by atoms with Crippen LogP contribution < -0.4 is 0 Å². The van der Waals surface area contributed by atoms with Gasteiger partial charge in [0.15, 0.2) is 0 Å². The highest BCUT2D eigenvalue weighted by molar-refractivity contribution is 9.10. The van der Waals surface area contributed by atoms with E-state index in [1.165, 1.54) is 29.3 Å². The van der Waals surface area contributed by atoms with E-state index in [4.69, 9.17) is 0 Å². The average molecular weight is 348 g/mol. The molecule has 1 aromatic carbocycles. The summed E-state index contributed by atoms with van der Waals surface area (Å²) in [5.74, 6) is 1.58. The van der Waals surface area contributed by atoms with E-state index in [0.717, 1.165) is 17.2 Å². The highest BCUT2D eigenvalue weighted by Crippen LogP contribution is 2.22. The van der Waals surface area contributed by atoms with Crippen molar-refractivity contribution in [1.29, 1.82) is 0 Å². The molecular weight excluding hydrogens is 328 g/mol. The Labute approximate surface area is 116 Å². The monoisotopic (exact) mass is 346 g/mol. The van der Waals surface area contributed by atoms with Crippen molar-refractivity contribution in [3.8, 4) is 0 Å². The summed E-state index contributed by atoms with van der Waals surface area (Å²) < 4.78 is 1.18. The molecule has 0 heterocycles. The Hall–Kier alpha value is 0.180. The van der Waals surface area contributed by atoms with Crippen molar-refractivity contribution in [2.45, 2.75) is 33.1 Å². The molecule has 0 saturated heterocycles. The number of alkyl halides is 1. The molecule has 0 bridgehead atoms. The lowest BCUT2D eigenvalue weighted by atomic mass is 9.90. The van der Waals surface area contributed by atoms with Crippen LogP contribution >= 0.6 is 31.9 Å². The number of halogens is 2. The Bertz CT molecular complexity index is 309. The molecule has 2 atom stereocenters.